The van der Waals surface area contributed by atoms with Gasteiger partial charge >= 0.3 is 11.9 Å². The summed E-state index contributed by atoms with van der Waals surface area (Å²) in [5.41, 5.74) is 0.420. The summed E-state index contributed by atoms with van der Waals surface area (Å²) in [4.78, 5) is 21.6. The maximum Gasteiger partial charge on any atom is 0.337 e. The Morgan fingerprint density at radius 2 is 1.71 bits per heavy atom. The van der Waals surface area contributed by atoms with E-state index in [-0.39, 0.29) is 0 Å². The van der Waals surface area contributed by atoms with Gasteiger partial charge in [0.1, 0.15) is 5.75 Å². The molecule has 0 spiro atoms. The number of methoxy groups -OCH3 is 1. The van der Waals surface area contributed by atoms with Gasteiger partial charge in [-0.15, -0.1) is 0 Å². The van der Waals surface area contributed by atoms with Crippen LogP contribution >= 0.6 is 0 Å². The molecule has 0 aliphatic rings. The van der Waals surface area contributed by atoms with E-state index in [4.69, 9.17) is 4.74 Å². The van der Waals surface area contributed by atoms with Crippen LogP contribution in [0.3, 0.4) is 0 Å². The molecule has 0 radical (unpaired) electrons. The number of hydrogen-bond acceptors (Lipinski definition) is 4. The second kappa shape index (κ2) is 4.41. The van der Waals surface area contributed by atoms with E-state index < -0.39 is 11.9 Å². The third-order valence-corrected chi connectivity index (χ3v) is 1.54. The molecule has 4 heteroatoms. The highest BCUT2D eigenvalue weighted by atomic mass is 16.5. The Bertz CT molecular complexity index is 340. The molecule has 14 heavy (non-hydrogen) atoms. The van der Waals surface area contributed by atoms with E-state index in [0.29, 0.717) is 11.3 Å². The molecule has 0 aliphatic carbocycles. The molecule has 0 saturated carbocycles. The monoisotopic (exact) mass is 194 g/mol. The SMILES string of the molecule is COC(=O)c1ccc(OC(C)=O)cc1. The molecular formula is C10H10O4. The summed E-state index contributed by atoms with van der Waals surface area (Å²) in [5, 5.41) is 0. The number of hydrogen-bond donors (Lipinski definition) is 0. The molecule has 0 aromatic heterocycles. The van der Waals surface area contributed by atoms with E-state index in [1.807, 2.05) is 0 Å². The van der Waals surface area contributed by atoms with E-state index in [0.717, 1.165) is 0 Å². The second-order valence-electron chi connectivity index (χ2n) is 2.61. The van der Waals surface area contributed by atoms with Crippen molar-refractivity contribution in [1.82, 2.24) is 0 Å². The number of carbonyl (C=O) groups excluding carboxylic acids is 2. The van der Waals surface area contributed by atoms with Crippen molar-refractivity contribution in [2.45, 2.75) is 6.92 Å². The van der Waals surface area contributed by atoms with Gasteiger partial charge in [0.15, 0.2) is 0 Å². The van der Waals surface area contributed by atoms with Crippen LogP contribution in [0.1, 0.15) is 17.3 Å². The lowest BCUT2D eigenvalue weighted by molar-refractivity contribution is -0.131. The largest absolute Gasteiger partial charge is 0.465 e. The average molecular weight is 194 g/mol. The molecule has 1 aromatic rings. The van der Waals surface area contributed by atoms with Gasteiger partial charge in [-0.2, -0.15) is 0 Å². The summed E-state index contributed by atoms with van der Waals surface area (Å²) in [6.45, 7) is 1.31. The Balaban J connectivity index is 2.78. The van der Waals surface area contributed by atoms with Crippen molar-refractivity contribution in [2.24, 2.45) is 0 Å². The number of benzene rings is 1. The zero-order valence-electron chi connectivity index (χ0n) is 7.94. The van der Waals surface area contributed by atoms with Crippen molar-refractivity contribution < 1.29 is 19.1 Å². The Labute approximate surface area is 81.4 Å². The fourth-order valence-electron chi connectivity index (χ4n) is 0.943. The van der Waals surface area contributed by atoms with Gasteiger partial charge in [0, 0.05) is 6.92 Å². The topological polar surface area (TPSA) is 52.6 Å². The maximum absolute atomic E-state index is 11.0. The number of carbonyl (C=O) groups is 2. The quantitative estimate of drug-likeness (QED) is 0.527. The van der Waals surface area contributed by atoms with E-state index in [1.54, 1.807) is 0 Å². The molecule has 0 atom stereocenters. The first-order chi connectivity index (χ1) is 6.63. The minimum atomic E-state index is -0.417. The molecule has 1 aromatic carbocycles. The lowest BCUT2D eigenvalue weighted by Crippen LogP contribution is -2.03. The molecule has 0 fully saturated rings. The van der Waals surface area contributed by atoms with E-state index in [2.05, 4.69) is 4.74 Å². The van der Waals surface area contributed by atoms with Crippen LogP contribution < -0.4 is 4.74 Å². The molecule has 74 valence electrons. The molecule has 0 N–H and O–H groups in total. The Morgan fingerprint density at radius 3 is 2.14 bits per heavy atom. The van der Waals surface area contributed by atoms with Gasteiger partial charge in [0.2, 0.25) is 0 Å². The Morgan fingerprint density at radius 1 is 1.14 bits per heavy atom. The van der Waals surface area contributed by atoms with E-state index >= 15 is 0 Å². The van der Waals surface area contributed by atoms with Gasteiger partial charge in [0.25, 0.3) is 0 Å². The first kappa shape index (κ1) is 10.2. The molecule has 0 unspecified atom stereocenters. The highest BCUT2D eigenvalue weighted by Crippen LogP contribution is 2.12. The Kier molecular flexibility index (Phi) is 3.23. The van der Waals surface area contributed by atoms with Gasteiger partial charge in [-0.1, -0.05) is 0 Å². The zero-order valence-corrected chi connectivity index (χ0v) is 7.94. The van der Waals surface area contributed by atoms with Gasteiger partial charge in [0.05, 0.1) is 12.7 Å². The first-order valence-corrected chi connectivity index (χ1v) is 4.00. The van der Waals surface area contributed by atoms with Crippen molar-refractivity contribution in [1.29, 1.82) is 0 Å². The van der Waals surface area contributed by atoms with Crippen LogP contribution in [-0.2, 0) is 9.53 Å². The third kappa shape index (κ3) is 2.58. The van der Waals surface area contributed by atoms with Crippen LogP contribution in [0, 0.1) is 0 Å². The van der Waals surface area contributed by atoms with Gasteiger partial charge in [-0.05, 0) is 24.3 Å². The van der Waals surface area contributed by atoms with Gasteiger partial charge in [-0.25, -0.2) is 4.79 Å². The standard InChI is InChI=1S/C10H10O4/c1-7(11)14-9-5-3-8(4-6-9)10(12)13-2/h3-6H,1-2H3. The lowest BCUT2D eigenvalue weighted by Gasteiger charge is -2.02. The van der Waals surface area contributed by atoms with Crippen LogP contribution in [0.25, 0.3) is 0 Å². The van der Waals surface area contributed by atoms with Crippen molar-refractivity contribution >= 4 is 11.9 Å². The fourth-order valence-corrected chi connectivity index (χ4v) is 0.943. The molecule has 0 bridgehead atoms. The third-order valence-electron chi connectivity index (χ3n) is 1.54. The van der Waals surface area contributed by atoms with E-state index in [9.17, 15) is 9.59 Å². The summed E-state index contributed by atoms with van der Waals surface area (Å²) in [5.74, 6) is -0.402. The molecular weight excluding hydrogens is 184 g/mol. The van der Waals surface area contributed by atoms with Crippen LogP contribution in [0.15, 0.2) is 24.3 Å². The van der Waals surface area contributed by atoms with Crippen molar-refractivity contribution in [3.05, 3.63) is 29.8 Å². The molecule has 1 rings (SSSR count). The fraction of sp³-hybridized carbons (Fsp3) is 0.200. The molecule has 0 saturated heterocycles. The normalized spacial score (nSPS) is 9.29. The van der Waals surface area contributed by atoms with Gasteiger partial charge < -0.3 is 9.47 Å². The number of rotatable bonds is 2. The zero-order chi connectivity index (χ0) is 10.6. The summed E-state index contributed by atoms with van der Waals surface area (Å²) < 4.78 is 9.30. The molecule has 4 nitrogen and oxygen atoms in total. The van der Waals surface area contributed by atoms with E-state index in [1.165, 1.54) is 38.3 Å². The highest BCUT2D eigenvalue weighted by molar-refractivity contribution is 5.89. The smallest absolute Gasteiger partial charge is 0.337 e. The first-order valence-electron chi connectivity index (χ1n) is 4.00. The second-order valence-corrected chi connectivity index (χ2v) is 2.61. The van der Waals surface area contributed by atoms with Crippen molar-refractivity contribution in [2.75, 3.05) is 7.11 Å². The molecule has 0 aliphatic heterocycles. The summed E-state index contributed by atoms with van der Waals surface area (Å²) in [6.07, 6.45) is 0. The van der Waals surface area contributed by atoms with Crippen LogP contribution in [0.5, 0.6) is 5.75 Å². The summed E-state index contributed by atoms with van der Waals surface area (Å²) in [7, 11) is 1.31. The maximum atomic E-state index is 11.0. The Hall–Kier alpha value is -1.84. The molecule has 0 heterocycles. The summed E-state index contributed by atoms with van der Waals surface area (Å²) in [6, 6.07) is 6.13. The van der Waals surface area contributed by atoms with Crippen LogP contribution in [-0.4, -0.2) is 19.0 Å². The van der Waals surface area contributed by atoms with Crippen molar-refractivity contribution in [3.63, 3.8) is 0 Å². The number of ether oxygens (including phenoxy) is 2. The minimum absolute atomic E-state index is 0.393. The highest BCUT2D eigenvalue weighted by Gasteiger charge is 2.05. The number of esters is 2. The summed E-state index contributed by atoms with van der Waals surface area (Å²) >= 11 is 0. The average Bonchev–Trinajstić information content (AvgIpc) is 2.17. The van der Waals surface area contributed by atoms with Crippen LogP contribution in [0.4, 0.5) is 0 Å². The predicted octanol–water partition coefficient (Wildman–Crippen LogP) is 1.40. The van der Waals surface area contributed by atoms with Crippen molar-refractivity contribution in [3.8, 4) is 5.75 Å². The minimum Gasteiger partial charge on any atom is -0.465 e. The van der Waals surface area contributed by atoms with Gasteiger partial charge in [-0.3, -0.25) is 4.79 Å². The predicted molar refractivity (Wildman–Crippen MR) is 49.1 cm³/mol. The lowest BCUT2D eigenvalue weighted by atomic mass is 10.2. The molecule has 0 amide bonds. The van der Waals surface area contributed by atoms with Crippen LogP contribution in [0.2, 0.25) is 0 Å².